The zero-order valence-electron chi connectivity index (χ0n) is 15.9. The second-order valence-corrected chi connectivity index (χ2v) is 6.52. The summed E-state index contributed by atoms with van der Waals surface area (Å²) in [7, 11) is 0. The molecule has 0 aromatic rings. The Morgan fingerprint density at radius 1 is 0.485 bits per heavy atom. The van der Waals surface area contributed by atoms with Crippen molar-refractivity contribution in [2.45, 2.75) is 67.7 Å². The summed E-state index contributed by atoms with van der Waals surface area (Å²) in [4.78, 5) is 0.484. The van der Waals surface area contributed by atoms with Gasteiger partial charge in [-0.3, -0.25) is 0 Å². The molecule has 0 aromatic carbocycles. The first kappa shape index (κ1) is 31.7. The van der Waals surface area contributed by atoms with E-state index in [-0.39, 0.29) is 0 Å². The van der Waals surface area contributed by atoms with Crippen LogP contribution in [-0.2, 0) is 0 Å². The third kappa shape index (κ3) is 4.41. The normalized spacial score (nSPS) is 17.0. The molecular formula is C14H13F18N. The smallest absolute Gasteiger partial charge is 0.301 e. The third-order valence-corrected chi connectivity index (χ3v) is 4.45. The SMILES string of the molecule is CCN(CC)CC(F)C(F)(F)C(F)(F)C(F)(F)C(F)(F)C(F)(F)C(F)(F)C(F)(F)C(F)(F)F. The van der Waals surface area contributed by atoms with Crippen molar-refractivity contribution in [2.24, 2.45) is 0 Å². The molecule has 0 saturated heterocycles. The Morgan fingerprint density at radius 3 is 1.03 bits per heavy atom. The van der Waals surface area contributed by atoms with Crippen molar-refractivity contribution >= 4 is 0 Å². The van der Waals surface area contributed by atoms with Gasteiger partial charge in [-0.15, -0.1) is 0 Å². The number of rotatable bonds is 11. The lowest BCUT2D eigenvalue weighted by Gasteiger charge is -2.43. The lowest BCUT2D eigenvalue weighted by atomic mass is 9.88. The van der Waals surface area contributed by atoms with Crippen molar-refractivity contribution in [1.29, 1.82) is 0 Å². The fourth-order valence-electron chi connectivity index (χ4n) is 2.20. The molecule has 0 spiro atoms. The van der Waals surface area contributed by atoms with Crippen LogP contribution in [0.1, 0.15) is 13.8 Å². The summed E-state index contributed by atoms with van der Waals surface area (Å²) in [5, 5.41) is 0. The average Bonchev–Trinajstić information content (AvgIpc) is 2.63. The Balaban J connectivity index is 6.64. The molecule has 0 N–H and O–H groups in total. The summed E-state index contributed by atoms with van der Waals surface area (Å²) in [6.07, 6.45) is -12.4. The third-order valence-electron chi connectivity index (χ3n) is 4.45. The molecule has 200 valence electrons. The summed E-state index contributed by atoms with van der Waals surface area (Å²) < 4.78 is 236. The van der Waals surface area contributed by atoms with Crippen LogP contribution >= 0.6 is 0 Å². The highest BCUT2D eigenvalue weighted by atomic mass is 19.4. The number of hydrogen-bond acceptors (Lipinski definition) is 1. The Kier molecular flexibility index (Phi) is 8.38. The quantitative estimate of drug-likeness (QED) is 0.266. The number of nitrogens with zero attached hydrogens (tertiary/aromatic N) is 1. The van der Waals surface area contributed by atoms with Crippen molar-refractivity contribution in [3.8, 4) is 0 Å². The molecule has 0 saturated carbocycles. The standard InChI is InChI=1S/C14H13F18N/c1-3-33(4-2)5-6(15)7(16,17)8(18,19)9(20,21)10(22,23)11(24,25)12(26,27)13(28,29)14(30,31)32/h6H,3-5H2,1-2H3. The molecule has 0 rings (SSSR count). The van der Waals surface area contributed by atoms with Crippen LogP contribution < -0.4 is 0 Å². The van der Waals surface area contributed by atoms with E-state index < -0.39 is 73.4 Å². The summed E-state index contributed by atoms with van der Waals surface area (Å²) >= 11 is 0. The van der Waals surface area contributed by atoms with E-state index >= 15 is 0 Å². The predicted molar refractivity (Wildman–Crippen MR) is 73.4 cm³/mol. The van der Waals surface area contributed by atoms with Gasteiger partial charge in [0, 0.05) is 6.54 Å². The van der Waals surface area contributed by atoms with E-state index in [4.69, 9.17) is 0 Å². The van der Waals surface area contributed by atoms with Crippen molar-refractivity contribution < 1.29 is 79.0 Å². The molecule has 0 amide bonds. The molecule has 33 heavy (non-hydrogen) atoms. The second kappa shape index (κ2) is 8.73. The minimum absolute atomic E-state index is 0.429. The van der Waals surface area contributed by atoms with Crippen molar-refractivity contribution in [3.05, 3.63) is 0 Å². The number of hydrogen-bond donors (Lipinski definition) is 0. The highest BCUT2D eigenvalue weighted by molar-refractivity contribution is 5.16. The van der Waals surface area contributed by atoms with E-state index in [0.29, 0.717) is 4.90 Å². The Labute approximate surface area is 172 Å². The molecule has 1 atom stereocenters. The van der Waals surface area contributed by atoms with Crippen molar-refractivity contribution in [2.75, 3.05) is 19.6 Å². The van der Waals surface area contributed by atoms with Crippen LogP contribution in [0.15, 0.2) is 0 Å². The summed E-state index contributed by atoms with van der Waals surface area (Å²) in [6.45, 7) is -0.600. The lowest BCUT2D eigenvalue weighted by molar-refractivity contribution is -0.463. The first-order valence-electron chi connectivity index (χ1n) is 8.24. The summed E-state index contributed by atoms with van der Waals surface area (Å²) in [5.41, 5.74) is 0. The van der Waals surface area contributed by atoms with Gasteiger partial charge in [0.25, 0.3) is 0 Å². The molecule has 0 aromatic heterocycles. The second-order valence-electron chi connectivity index (χ2n) is 6.52. The lowest BCUT2D eigenvalue weighted by Crippen LogP contribution is -2.75. The van der Waals surface area contributed by atoms with Gasteiger partial charge in [0.05, 0.1) is 0 Å². The maximum absolute atomic E-state index is 13.6. The van der Waals surface area contributed by atoms with Gasteiger partial charge in [-0.05, 0) is 13.1 Å². The highest BCUT2D eigenvalue weighted by Gasteiger charge is 2.95. The van der Waals surface area contributed by atoms with Crippen molar-refractivity contribution in [1.82, 2.24) is 4.90 Å². The van der Waals surface area contributed by atoms with Crippen LogP contribution in [0.4, 0.5) is 79.0 Å². The van der Waals surface area contributed by atoms with E-state index in [1.165, 1.54) is 0 Å². The van der Waals surface area contributed by atoms with E-state index in [1.807, 2.05) is 0 Å². The van der Waals surface area contributed by atoms with Crippen LogP contribution in [0.5, 0.6) is 0 Å². The minimum atomic E-state index is -8.72. The molecule has 0 aliphatic rings. The van der Waals surface area contributed by atoms with Gasteiger partial charge in [-0.2, -0.15) is 74.6 Å². The predicted octanol–water partition coefficient (Wildman–Crippen LogP) is 6.68. The highest BCUT2D eigenvalue weighted by Crippen LogP contribution is 2.64. The van der Waals surface area contributed by atoms with Crippen molar-refractivity contribution in [3.63, 3.8) is 0 Å². The Bertz CT molecular complexity index is 662. The largest absolute Gasteiger partial charge is 0.460 e. The fourth-order valence-corrected chi connectivity index (χ4v) is 2.20. The van der Waals surface area contributed by atoms with Gasteiger partial charge >= 0.3 is 47.6 Å². The molecule has 1 nitrogen and oxygen atoms in total. The Morgan fingerprint density at radius 2 is 0.758 bits per heavy atom. The van der Waals surface area contributed by atoms with Crippen LogP contribution in [0, 0.1) is 0 Å². The van der Waals surface area contributed by atoms with Gasteiger partial charge < -0.3 is 4.90 Å². The molecule has 19 heteroatoms. The van der Waals surface area contributed by atoms with E-state index in [2.05, 4.69) is 0 Å². The molecular weight excluding hydrogens is 524 g/mol. The maximum Gasteiger partial charge on any atom is 0.460 e. The van der Waals surface area contributed by atoms with Crippen LogP contribution in [0.25, 0.3) is 0 Å². The molecule has 1 unspecified atom stereocenters. The molecule has 0 fully saturated rings. The first-order chi connectivity index (χ1) is 14.2. The molecule has 0 bridgehead atoms. The molecule has 0 aliphatic heterocycles. The zero-order chi connectivity index (χ0) is 27.3. The van der Waals surface area contributed by atoms with E-state index in [0.717, 1.165) is 13.8 Å². The molecule has 0 radical (unpaired) electrons. The van der Waals surface area contributed by atoms with Crippen LogP contribution in [0.2, 0.25) is 0 Å². The average molecular weight is 537 g/mol. The van der Waals surface area contributed by atoms with Gasteiger partial charge in [-0.1, -0.05) is 13.8 Å². The number of alkyl halides is 18. The van der Waals surface area contributed by atoms with Crippen LogP contribution in [0.3, 0.4) is 0 Å². The first-order valence-corrected chi connectivity index (χ1v) is 8.24. The summed E-state index contributed by atoms with van der Waals surface area (Å²) in [6, 6.07) is 0. The maximum atomic E-state index is 13.6. The minimum Gasteiger partial charge on any atom is -0.301 e. The topological polar surface area (TPSA) is 3.24 Å². The molecule has 0 heterocycles. The molecule has 0 aliphatic carbocycles. The summed E-state index contributed by atoms with van der Waals surface area (Å²) in [5.74, 6) is -57.7. The number of halogens is 18. The van der Waals surface area contributed by atoms with E-state index in [1.54, 1.807) is 0 Å². The van der Waals surface area contributed by atoms with Gasteiger partial charge in [-0.25, -0.2) is 4.39 Å². The van der Waals surface area contributed by atoms with Crippen LogP contribution in [-0.4, -0.2) is 78.3 Å². The van der Waals surface area contributed by atoms with Gasteiger partial charge in [0.1, 0.15) is 0 Å². The fraction of sp³-hybridized carbons (Fsp3) is 1.00. The monoisotopic (exact) mass is 537 g/mol. The zero-order valence-corrected chi connectivity index (χ0v) is 15.9. The van der Waals surface area contributed by atoms with Gasteiger partial charge in [0.2, 0.25) is 0 Å². The Hall–Kier alpha value is -1.30. The van der Waals surface area contributed by atoms with Gasteiger partial charge in [0.15, 0.2) is 6.17 Å². The van der Waals surface area contributed by atoms with E-state index in [9.17, 15) is 79.0 Å².